The fourth-order valence-corrected chi connectivity index (χ4v) is 2.99. The number of amides is 1. The lowest BCUT2D eigenvalue weighted by molar-refractivity contribution is 0.0740. The second-order valence-electron chi connectivity index (χ2n) is 7.01. The third-order valence-electron chi connectivity index (χ3n) is 4.59. The van der Waals surface area contributed by atoms with E-state index in [2.05, 4.69) is 46.2 Å². The van der Waals surface area contributed by atoms with Gasteiger partial charge in [0, 0.05) is 38.4 Å². The van der Waals surface area contributed by atoms with E-state index in [0.29, 0.717) is 24.7 Å². The maximum atomic E-state index is 12.6. The van der Waals surface area contributed by atoms with Crippen LogP contribution in [0.5, 0.6) is 0 Å². The molecule has 6 heteroatoms. The highest BCUT2D eigenvalue weighted by atomic mass is 16.2. The quantitative estimate of drug-likeness (QED) is 0.865. The summed E-state index contributed by atoms with van der Waals surface area (Å²) in [6.07, 6.45) is 4.30. The zero-order valence-corrected chi connectivity index (χ0v) is 15.6. The molecule has 26 heavy (non-hydrogen) atoms. The Morgan fingerprint density at radius 3 is 2.42 bits per heavy atom. The van der Waals surface area contributed by atoms with Crippen LogP contribution in [-0.2, 0) is 0 Å². The van der Waals surface area contributed by atoms with Gasteiger partial charge in [-0.15, -0.1) is 0 Å². The lowest BCUT2D eigenvalue weighted by atomic mass is 10.1. The minimum atomic E-state index is -0.0426. The summed E-state index contributed by atoms with van der Waals surface area (Å²) in [5.74, 6) is 1.32. The van der Waals surface area contributed by atoms with Crippen LogP contribution in [0.4, 0.5) is 11.5 Å². The number of carbonyl (C=O) groups is 1. The molecular formula is C20H27N5O. The van der Waals surface area contributed by atoms with Crippen LogP contribution in [0.15, 0.2) is 42.7 Å². The van der Waals surface area contributed by atoms with Gasteiger partial charge in [-0.3, -0.25) is 4.79 Å². The molecule has 1 aliphatic heterocycles. The number of piperazine rings is 1. The highest BCUT2D eigenvalue weighted by Gasteiger charge is 2.23. The van der Waals surface area contributed by atoms with Gasteiger partial charge in [0.2, 0.25) is 0 Å². The number of carbonyl (C=O) groups excluding carboxylic acids is 1. The molecule has 0 unspecified atom stereocenters. The topological polar surface area (TPSA) is 61.4 Å². The van der Waals surface area contributed by atoms with E-state index in [1.165, 1.54) is 5.69 Å². The molecule has 3 rings (SSSR count). The van der Waals surface area contributed by atoms with Crippen molar-refractivity contribution in [3.05, 3.63) is 48.4 Å². The highest BCUT2D eigenvalue weighted by molar-refractivity contribution is 5.92. The Labute approximate surface area is 155 Å². The molecule has 0 radical (unpaired) electrons. The number of anilines is 2. The average Bonchev–Trinajstić information content (AvgIpc) is 2.68. The van der Waals surface area contributed by atoms with Crippen molar-refractivity contribution >= 4 is 17.4 Å². The minimum Gasteiger partial charge on any atom is -0.369 e. The van der Waals surface area contributed by atoms with Gasteiger partial charge in [-0.05, 0) is 24.5 Å². The molecule has 1 aliphatic rings. The Bertz CT molecular complexity index is 694. The van der Waals surface area contributed by atoms with E-state index >= 15 is 0 Å². The van der Waals surface area contributed by atoms with Crippen LogP contribution in [-0.4, -0.2) is 53.5 Å². The first kappa shape index (κ1) is 18.2. The number of benzene rings is 1. The Balaban J connectivity index is 1.52. The molecule has 1 saturated heterocycles. The number of hydrogen-bond donors (Lipinski definition) is 1. The Morgan fingerprint density at radius 2 is 1.81 bits per heavy atom. The molecule has 1 amide bonds. The molecule has 1 aromatic carbocycles. The van der Waals surface area contributed by atoms with Gasteiger partial charge in [0.1, 0.15) is 11.5 Å². The zero-order valence-electron chi connectivity index (χ0n) is 15.6. The van der Waals surface area contributed by atoms with Crippen molar-refractivity contribution in [2.45, 2.75) is 20.3 Å². The smallest absolute Gasteiger partial charge is 0.274 e. The van der Waals surface area contributed by atoms with Crippen LogP contribution in [0.2, 0.25) is 0 Å². The normalized spacial score (nSPS) is 14.6. The maximum Gasteiger partial charge on any atom is 0.274 e. The average molecular weight is 353 g/mol. The molecule has 1 fully saturated rings. The van der Waals surface area contributed by atoms with Crippen LogP contribution in [0.3, 0.4) is 0 Å². The van der Waals surface area contributed by atoms with Crippen LogP contribution in [0.25, 0.3) is 0 Å². The van der Waals surface area contributed by atoms with Crippen molar-refractivity contribution in [1.29, 1.82) is 0 Å². The maximum absolute atomic E-state index is 12.6. The van der Waals surface area contributed by atoms with Crippen molar-refractivity contribution < 1.29 is 4.79 Å². The van der Waals surface area contributed by atoms with Gasteiger partial charge in [0.05, 0.1) is 12.4 Å². The Kier molecular flexibility index (Phi) is 6.04. The summed E-state index contributed by atoms with van der Waals surface area (Å²) in [6.45, 7) is 8.30. The molecule has 1 aromatic heterocycles. The second kappa shape index (κ2) is 8.65. The molecule has 138 valence electrons. The van der Waals surface area contributed by atoms with Crippen molar-refractivity contribution in [3.8, 4) is 0 Å². The molecule has 0 aliphatic carbocycles. The molecule has 1 N–H and O–H groups in total. The number of aromatic nitrogens is 2. The van der Waals surface area contributed by atoms with Crippen LogP contribution in [0, 0.1) is 5.92 Å². The highest BCUT2D eigenvalue weighted by Crippen LogP contribution is 2.16. The van der Waals surface area contributed by atoms with Crippen molar-refractivity contribution in [1.82, 2.24) is 14.9 Å². The van der Waals surface area contributed by atoms with E-state index in [4.69, 9.17) is 0 Å². The summed E-state index contributed by atoms with van der Waals surface area (Å²) >= 11 is 0. The summed E-state index contributed by atoms with van der Waals surface area (Å²) < 4.78 is 0. The lowest BCUT2D eigenvalue weighted by Gasteiger charge is -2.35. The first-order chi connectivity index (χ1) is 12.6. The van der Waals surface area contributed by atoms with E-state index < -0.39 is 0 Å². The molecule has 0 bridgehead atoms. The molecule has 0 spiro atoms. The van der Waals surface area contributed by atoms with E-state index in [-0.39, 0.29) is 5.91 Å². The van der Waals surface area contributed by atoms with Gasteiger partial charge in [-0.25, -0.2) is 9.97 Å². The van der Waals surface area contributed by atoms with Gasteiger partial charge in [-0.1, -0.05) is 32.0 Å². The molecule has 0 saturated carbocycles. The molecule has 6 nitrogen and oxygen atoms in total. The van der Waals surface area contributed by atoms with E-state index in [0.717, 1.165) is 31.9 Å². The number of nitrogens with one attached hydrogen (secondary N) is 1. The Morgan fingerprint density at radius 1 is 1.08 bits per heavy atom. The minimum absolute atomic E-state index is 0.0426. The van der Waals surface area contributed by atoms with Crippen LogP contribution in [0.1, 0.15) is 30.8 Å². The summed E-state index contributed by atoms with van der Waals surface area (Å²) in [6, 6.07) is 10.3. The summed E-state index contributed by atoms with van der Waals surface area (Å²) in [4.78, 5) is 25.4. The predicted molar refractivity (Wildman–Crippen MR) is 105 cm³/mol. The van der Waals surface area contributed by atoms with E-state index in [1.807, 2.05) is 23.1 Å². The summed E-state index contributed by atoms with van der Waals surface area (Å²) in [5.41, 5.74) is 1.61. The van der Waals surface area contributed by atoms with Crippen LogP contribution < -0.4 is 10.2 Å². The number of para-hydroxylation sites is 1. The van der Waals surface area contributed by atoms with Gasteiger partial charge in [-0.2, -0.15) is 0 Å². The van der Waals surface area contributed by atoms with Crippen molar-refractivity contribution in [2.24, 2.45) is 5.92 Å². The number of nitrogens with zero attached hydrogens (tertiary/aromatic N) is 4. The Hall–Kier alpha value is -2.63. The fraction of sp³-hybridized carbons (Fsp3) is 0.450. The van der Waals surface area contributed by atoms with Gasteiger partial charge >= 0.3 is 0 Å². The van der Waals surface area contributed by atoms with Gasteiger partial charge in [0.15, 0.2) is 0 Å². The molecular weight excluding hydrogens is 326 g/mol. The van der Waals surface area contributed by atoms with E-state index in [1.54, 1.807) is 12.4 Å². The van der Waals surface area contributed by atoms with Gasteiger partial charge < -0.3 is 15.1 Å². The van der Waals surface area contributed by atoms with Crippen molar-refractivity contribution in [3.63, 3.8) is 0 Å². The third-order valence-corrected chi connectivity index (χ3v) is 4.59. The predicted octanol–water partition coefficient (Wildman–Crippen LogP) is 2.90. The third kappa shape index (κ3) is 4.71. The summed E-state index contributed by atoms with van der Waals surface area (Å²) in [7, 11) is 0. The lowest BCUT2D eigenvalue weighted by Crippen LogP contribution is -2.49. The van der Waals surface area contributed by atoms with Gasteiger partial charge in [0.25, 0.3) is 5.91 Å². The number of rotatable bonds is 6. The second-order valence-corrected chi connectivity index (χ2v) is 7.01. The number of hydrogen-bond acceptors (Lipinski definition) is 5. The standard InChI is InChI=1S/C20H27N5O/c1-16(2)8-9-21-19-15-22-18(14-23-19)20(26)25-12-10-24(11-13-25)17-6-4-3-5-7-17/h3-7,14-16H,8-13H2,1-2H3,(H,21,23). The first-order valence-corrected chi connectivity index (χ1v) is 9.28. The fourth-order valence-electron chi connectivity index (χ4n) is 2.99. The molecule has 2 aromatic rings. The first-order valence-electron chi connectivity index (χ1n) is 9.28. The van der Waals surface area contributed by atoms with Crippen LogP contribution >= 0.6 is 0 Å². The SMILES string of the molecule is CC(C)CCNc1cnc(C(=O)N2CCN(c3ccccc3)CC2)cn1. The molecule has 0 atom stereocenters. The summed E-state index contributed by atoms with van der Waals surface area (Å²) in [5, 5.41) is 3.24. The monoisotopic (exact) mass is 353 g/mol. The van der Waals surface area contributed by atoms with E-state index in [9.17, 15) is 4.79 Å². The zero-order chi connectivity index (χ0) is 18.4. The molecule has 2 heterocycles. The largest absolute Gasteiger partial charge is 0.369 e. The van der Waals surface area contributed by atoms with Crippen molar-refractivity contribution in [2.75, 3.05) is 42.9 Å².